The number of esters is 2. The lowest BCUT2D eigenvalue weighted by Crippen LogP contribution is -2.25. The summed E-state index contributed by atoms with van der Waals surface area (Å²) in [6.07, 6.45) is 14.5. The molecule has 1 saturated heterocycles. The predicted molar refractivity (Wildman–Crippen MR) is 218 cm³/mol. The molecule has 1 aliphatic heterocycles. The lowest BCUT2D eigenvalue weighted by atomic mass is 10.1. The summed E-state index contributed by atoms with van der Waals surface area (Å²) < 4.78 is 23.7. The Morgan fingerprint density at radius 3 is 1.16 bits per heavy atom. The van der Waals surface area contributed by atoms with E-state index >= 15 is 0 Å². The molecule has 0 aromatic heterocycles. The number of unbranched alkanes of at least 4 members (excludes halogenated alkanes) is 10. The maximum atomic E-state index is 13.0. The Labute approximate surface area is 319 Å². The highest BCUT2D eigenvalue weighted by atomic mass is 32.2. The van der Waals surface area contributed by atoms with Gasteiger partial charge in [-0.25, -0.2) is 9.59 Å². The second-order valence-corrected chi connectivity index (χ2v) is 17.2. The Kier molecular flexibility index (Phi) is 23.9. The van der Waals surface area contributed by atoms with Crippen LogP contribution in [0.1, 0.15) is 112 Å². The standard InChI is InChI=1S/C40H60O6S4/c1-3-5-7-9-11-13-23-43-35-19-15-33(16-20-35)39(41)45-37-29-47-25-27-49-31-38(32-50-28-26-48-30-37)46-40(42)34-17-21-36(22-18-34)44-24-14-12-10-8-6-4-2/h15-22,37-38H,3-14,23-32H2,1-2H3. The number of hydrogen-bond donors (Lipinski definition) is 0. The molecule has 0 N–H and O–H groups in total. The highest BCUT2D eigenvalue weighted by molar-refractivity contribution is 8.04. The molecule has 1 fully saturated rings. The van der Waals surface area contributed by atoms with Gasteiger partial charge >= 0.3 is 11.9 Å². The first-order chi connectivity index (χ1) is 24.6. The Morgan fingerprint density at radius 2 is 0.820 bits per heavy atom. The molecule has 6 nitrogen and oxygen atoms in total. The van der Waals surface area contributed by atoms with Crippen molar-refractivity contribution >= 4 is 59.0 Å². The summed E-state index contributed by atoms with van der Waals surface area (Å²) in [4.78, 5) is 26.0. The number of benzene rings is 2. The number of carbonyl (C=O) groups excluding carboxylic acids is 2. The van der Waals surface area contributed by atoms with Crippen molar-refractivity contribution in [3.63, 3.8) is 0 Å². The van der Waals surface area contributed by atoms with Gasteiger partial charge in [-0.3, -0.25) is 0 Å². The van der Waals surface area contributed by atoms with Crippen molar-refractivity contribution in [1.29, 1.82) is 0 Å². The summed E-state index contributed by atoms with van der Waals surface area (Å²) >= 11 is 7.25. The van der Waals surface area contributed by atoms with Crippen molar-refractivity contribution in [3.05, 3.63) is 59.7 Å². The van der Waals surface area contributed by atoms with Crippen LogP contribution in [-0.4, -0.2) is 83.4 Å². The van der Waals surface area contributed by atoms with Gasteiger partial charge in [0.15, 0.2) is 0 Å². The van der Waals surface area contributed by atoms with Crippen molar-refractivity contribution in [2.75, 3.05) is 59.2 Å². The van der Waals surface area contributed by atoms with Crippen LogP contribution in [0, 0.1) is 0 Å². The van der Waals surface area contributed by atoms with Crippen molar-refractivity contribution in [1.82, 2.24) is 0 Å². The molecule has 0 radical (unpaired) electrons. The molecule has 280 valence electrons. The summed E-state index contributed by atoms with van der Waals surface area (Å²) in [7, 11) is 0. The van der Waals surface area contributed by atoms with Gasteiger partial charge in [0, 0.05) is 46.0 Å². The zero-order chi connectivity index (χ0) is 35.5. The van der Waals surface area contributed by atoms with Crippen molar-refractivity contribution < 1.29 is 28.5 Å². The Morgan fingerprint density at radius 1 is 0.500 bits per heavy atom. The van der Waals surface area contributed by atoms with Crippen LogP contribution in [0.5, 0.6) is 11.5 Å². The largest absolute Gasteiger partial charge is 0.494 e. The minimum atomic E-state index is -0.275. The van der Waals surface area contributed by atoms with Gasteiger partial charge in [0.05, 0.1) is 24.3 Å². The van der Waals surface area contributed by atoms with Gasteiger partial charge in [-0.2, -0.15) is 47.0 Å². The third-order valence-electron chi connectivity index (χ3n) is 8.22. The van der Waals surface area contributed by atoms with Gasteiger partial charge < -0.3 is 18.9 Å². The molecule has 2 aromatic carbocycles. The lowest BCUT2D eigenvalue weighted by Gasteiger charge is -2.20. The fraction of sp³-hybridized carbons (Fsp3) is 0.650. The van der Waals surface area contributed by atoms with E-state index < -0.39 is 0 Å². The second kappa shape index (κ2) is 28.0. The zero-order valence-corrected chi connectivity index (χ0v) is 33.7. The van der Waals surface area contributed by atoms with E-state index in [-0.39, 0.29) is 24.1 Å². The second-order valence-electron chi connectivity index (χ2n) is 12.6. The smallest absolute Gasteiger partial charge is 0.338 e. The number of hydrogen-bond acceptors (Lipinski definition) is 10. The summed E-state index contributed by atoms with van der Waals surface area (Å²) in [6, 6.07) is 14.7. The lowest BCUT2D eigenvalue weighted by molar-refractivity contribution is 0.0383. The molecule has 1 heterocycles. The SMILES string of the molecule is CCCCCCCCOc1ccc(C(=O)OC2CSCCSCC(OC(=O)c3ccc(OCCCCCCCC)cc3)CSCCSC2)cc1. The Hall–Kier alpha value is -1.62. The molecule has 10 heteroatoms. The first-order valence-corrected chi connectivity index (χ1v) is 23.4. The van der Waals surface area contributed by atoms with E-state index in [4.69, 9.17) is 18.9 Å². The van der Waals surface area contributed by atoms with E-state index in [1.165, 1.54) is 64.2 Å². The number of ether oxygens (including phenoxy) is 4. The molecule has 50 heavy (non-hydrogen) atoms. The van der Waals surface area contributed by atoms with Gasteiger partial charge in [-0.1, -0.05) is 78.1 Å². The third-order valence-corrected chi connectivity index (χ3v) is 13.1. The molecule has 0 atom stereocenters. The summed E-state index contributed by atoms with van der Waals surface area (Å²) in [5.74, 6) is 7.90. The molecule has 3 rings (SSSR count). The molecule has 0 aliphatic carbocycles. The molecular weight excluding hydrogens is 705 g/mol. The van der Waals surface area contributed by atoms with E-state index in [1.807, 2.05) is 71.3 Å². The highest BCUT2D eigenvalue weighted by Gasteiger charge is 2.19. The van der Waals surface area contributed by atoms with Gasteiger partial charge in [0.1, 0.15) is 23.7 Å². The van der Waals surface area contributed by atoms with Crippen LogP contribution in [0.25, 0.3) is 0 Å². The number of carbonyl (C=O) groups is 2. The normalized spacial score (nSPS) is 17.7. The fourth-order valence-electron chi connectivity index (χ4n) is 5.29. The third kappa shape index (κ3) is 19.3. The zero-order valence-electron chi connectivity index (χ0n) is 30.4. The van der Waals surface area contributed by atoms with Crippen LogP contribution < -0.4 is 9.47 Å². The first kappa shape index (κ1) is 42.8. The summed E-state index contributed by atoms with van der Waals surface area (Å²) in [6.45, 7) is 5.88. The molecular formula is C40H60O6S4. The van der Waals surface area contributed by atoms with Crippen molar-refractivity contribution in [2.45, 2.75) is 103 Å². The van der Waals surface area contributed by atoms with Gasteiger partial charge in [-0.05, 0) is 61.4 Å². The predicted octanol–water partition coefficient (Wildman–Crippen LogP) is 10.9. The van der Waals surface area contributed by atoms with E-state index in [0.29, 0.717) is 24.3 Å². The van der Waals surface area contributed by atoms with E-state index in [0.717, 1.165) is 70.4 Å². The number of rotatable bonds is 20. The van der Waals surface area contributed by atoms with Gasteiger partial charge in [0.25, 0.3) is 0 Å². The molecule has 0 spiro atoms. The Bertz CT molecular complexity index is 1060. The number of thioether (sulfide) groups is 4. The minimum Gasteiger partial charge on any atom is -0.494 e. The van der Waals surface area contributed by atoms with E-state index in [2.05, 4.69) is 13.8 Å². The molecule has 0 unspecified atom stereocenters. The average molecular weight is 765 g/mol. The van der Waals surface area contributed by atoms with Gasteiger partial charge in [-0.15, -0.1) is 0 Å². The fourth-order valence-corrected chi connectivity index (χ4v) is 9.93. The Balaban J connectivity index is 1.34. The molecule has 0 amide bonds. The maximum absolute atomic E-state index is 13.0. The van der Waals surface area contributed by atoms with Crippen LogP contribution in [0.15, 0.2) is 48.5 Å². The molecule has 0 saturated carbocycles. The van der Waals surface area contributed by atoms with Crippen LogP contribution >= 0.6 is 47.0 Å². The molecule has 2 aromatic rings. The van der Waals surface area contributed by atoms with E-state index in [1.54, 1.807) is 24.3 Å². The van der Waals surface area contributed by atoms with E-state index in [9.17, 15) is 9.59 Å². The van der Waals surface area contributed by atoms with Crippen molar-refractivity contribution in [2.24, 2.45) is 0 Å². The minimum absolute atomic E-state index is 0.139. The summed E-state index contributed by atoms with van der Waals surface area (Å²) in [5, 5.41) is 0. The average Bonchev–Trinajstić information content (AvgIpc) is 3.13. The van der Waals surface area contributed by atoms with Crippen molar-refractivity contribution in [3.8, 4) is 11.5 Å². The maximum Gasteiger partial charge on any atom is 0.338 e. The quantitative estimate of drug-likeness (QED) is 0.0961. The first-order valence-electron chi connectivity index (χ1n) is 18.8. The van der Waals surface area contributed by atoms with Gasteiger partial charge in [0.2, 0.25) is 0 Å². The molecule has 1 aliphatic rings. The van der Waals surface area contributed by atoms with Crippen LogP contribution in [0.3, 0.4) is 0 Å². The topological polar surface area (TPSA) is 71.1 Å². The highest BCUT2D eigenvalue weighted by Crippen LogP contribution is 2.22. The van der Waals surface area contributed by atoms with Crippen LogP contribution in [0.4, 0.5) is 0 Å². The van der Waals surface area contributed by atoms with Crippen LogP contribution in [-0.2, 0) is 9.47 Å². The summed E-state index contributed by atoms with van der Waals surface area (Å²) in [5.41, 5.74) is 1.12. The van der Waals surface area contributed by atoms with Crippen LogP contribution in [0.2, 0.25) is 0 Å². The monoisotopic (exact) mass is 764 g/mol. The molecule has 0 bridgehead atoms.